The third-order valence-electron chi connectivity index (χ3n) is 6.40. The summed E-state index contributed by atoms with van der Waals surface area (Å²) in [6, 6.07) is 10.6. The van der Waals surface area contributed by atoms with E-state index in [-0.39, 0.29) is 25.5 Å². The van der Waals surface area contributed by atoms with Crippen LogP contribution in [0.3, 0.4) is 0 Å². The second kappa shape index (κ2) is 11.8. The van der Waals surface area contributed by atoms with E-state index in [1.807, 2.05) is 35.8 Å². The number of amides is 1. The van der Waals surface area contributed by atoms with E-state index >= 15 is 0 Å². The largest absolute Gasteiger partial charge is 0.384 e. The second-order valence-electron chi connectivity index (χ2n) is 9.08. The van der Waals surface area contributed by atoms with Crippen LogP contribution in [0.2, 0.25) is 5.02 Å². The van der Waals surface area contributed by atoms with Crippen LogP contribution < -0.4 is 5.32 Å². The van der Waals surface area contributed by atoms with E-state index in [9.17, 15) is 4.79 Å². The van der Waals surface area contributed by atoms with Gasteiger partial charge in [0, 0.05) is 32.8 Å². The summed E-state index contributed by atoms with van der Waals surface area (Å²) in [5.74, 6) is 12.4. The Labute approximate surface area is 241 Å². The van der Waals surface area contributed by atoms with E-state index in [2.05, 4.69) is 58.0 Å². The van der Waals surface area contributed by atoms with E-state index in [0.29, 0.717) is 22.1 Å². The van der Waals surface area contributed by atoms with Gasteiger partial charge in [0.05, 0.1) is 18.7 Å². The lowest BCUT2D eigenvalue weighted by atomic mass is 9.99. The van der Waals surface area contributed by atoms with Crippen LogP contribution in [-0.4, -0.2) is 49.6 Å². The van der Waals surface area contributed by atoms with Crippen molar-refractivity contribution in [3.05, 3.63) is 92.1 Å². The number of halogens is 1. The molecule has 8 nitrogen and oxygen atoms in total. The van der Waals surface area contributed by atoms with Gasteiger partial charge in [0.1, 0.15) is 29.2 Å². The maximum Gasteiger partial charge on any atom is 0.223 e. The summed E-state index contributed by atoms with van der Waals surface area (Å²) in [6.07, 6.45) is 1.67. The molecule has 3 aromatic heterocycles. The van der Waals surface area contributed by atoms with E-state index in [0.717, 1.165) is 33.2 Å². The number of fused-ring (bicyclic) bond motifs is 3. The molecule has 40 heavy (non-hydrogen) atoms. The molecule has 0 spiro atoms. The first kappa shape index (κ1) is 27.3. The van der Waals surface area contributed by atoms with E-state index in [1.165, 1.54) is 4.88 Å². The Morgan fingerprint density at radius 2 is 1.90 bits per heavy atom. The summed E-state index contributed by atoms with van der Waals surface area (Å²) < 4.78 is 2.02. The summed E-state index contributed by atoms with van der Waals surface area (Å²) in [6.45, 7) is 6.04. The van der Waals surface area contributed by atoms with Crippen LogP contribution in [0, 0.1) is 44.5 Å². The molecule has 4 heterocycles. The van der Waals surface area contributed by atoms with Crippen molar-refractivity contribution in [2.75, 3.05) is 13.2 Å². The molecule has 0 fully saturated rings. The molecule has 2 N–H and O–H groups in total. The molecule has 0 radical (unpaired) electrons. The molecule has 0 saturated carbocycles. The Bertz CT molecular complexity index is 1730. The molecule has 1 aliphatic rings. The Hall–Kier alpha value is -4.28. The van der Waals surface area contributed by atoms with Crippen molar-refractivity contribution in [3.8, 4) is 28.7 Å². The molecule has 0 aliphatic carbocycles. The van der Waals surface area contributed by atoms with Gasteiger partial charge in [-0.05, 0) is 56.5 Å². The number of carbonyl (C=O) groups excluding carboxylic acids is 1. The lowest BCUT2D eigenvalue weighted by molar-refractivity contribution is -0.121. The highest BCUT2D eigenvalue weighted by Gasteiger charge is 2.32. The molecule has 4 aromatic rings. The minimum atomic E-state index is -0.548. The number of aryl methyl sites for hydroxylation is 2. The molecule has 1 aromatic carbocycles. The molecule has 10 heteroatoms. The van der Waals surface area contributed by atoms with Crippen LogP contribution >= 0.6 is 22.9 Å². The number of nitrogens with one attached hydrogen (secondary N) is 1. The predicted molar refractivity (Wildman–Crippen MR) is 156 cm³/mol. The smallest absolute Gasteiger partial charge is 0.223 e. The number of aliphatic imine (C=N–C) groups is 1. The zero-order chi connectivity index (χ0) is 28.2. The minimum Gasteiger partial charge on any atom is -0.384 e. The standard InChI is InChI=1S/C30H25ClN6O2S/c1-18-19(2)40-30-27(18)28(22-9-11-23(31)12-10-22)34-25(29-36-35-20(3)37(29)30)16-26(39)32-14-4-7-24-13-8-21(17-33-24)6-5-15-38/h8-13,17,25,38H,14-16H2,1-3H3,(H,32,39)/t25-/m0/s1. The maximum absolute atomic E-state index is 13.0. The van der Waals surface area contributed by atoms with Crippen molar-refractivity contribution in [2.45, 2.75) is 33.2 Å². The number of aliphatic hydroxyl groups excluding tert-OH is 1. The summed E-state index contributed by atoms with van der Waals surface area (Å²) in [5, 5.41) is 22.1. The van der Waals surface area contributed by atoms with Crippen molar-refractivity contribution in [1.82, 2.24) is 25.1 Å². The van der Waals surface area contributed by atoms with Gasteiger partial charge in [0.2, 0.25) is 5.91 Å². The summed E-state index contributed by atoms with van der Waals surface area (Å²) in [7, 11) is 0. The van der Waals surface area contributed by atoms with Crippen LogP contribution in [0.15, 0.2) is 47.6 Å². The topological polar surface area (TPSA) is 105 Å². The van der Waals surface area contributed by atoms with Crippen LogP contribution in [-0.2, 0) is 4.79 Å². The quantitative estimate of drug-likeness (QED) is 0.361. The lowest BCUT2D eigenvalue weighted by Crippen LogP contribution is -2.25. The monoisotopic (exact) mass is 568 g/mol. The number of pyridine rings is 1. The molecule has 0 bridgehead atoms. The highest BCUT2D eigenvalue weighted by Crippen LogP contribution is 2.39. The van der Waals surface area contributed by atoms with Gasteiger partial charge >= 0.3 is 0 Å². The molecule has 0 saturated heterocycles. The van der Waals surface area contributed by atoms with Gasteiger partial charge < -0.3 is 10.4 Å². The first-order valence-electron chi connectivity index (χ1n) is 12.5. The second-order valence-corrected chi connectivity index (χ2v) is 10.7. The summed E-state index contributed by atoms with van der Waals surface area (Å²) in [5.41, 5.74) is 5.12. The zero-order valence-corrected chi connectivity index (χ0v) is 23.7. The number of rotatable bonds is 4. The molecular formula is C30H25ClN6O2S. The molecule has 0 unspecified atom stereocenters. The first-order valence-corrected chi connectivity index (χ1v) is 13.7. The minimum absolute atomic E-state index is 0.0837. The third kappa shape index (κ3) is 5.68. The van der Waals surface area contributed by atoms with Gasteiger partial charge in [-0.1, -0.05) is 41.5 Å². The fourth-order valence-electron chi connectivity index (χ4n) is 4.34. The fourth-order valence-corrected chi connectivity index (χ4v) is 5.68. The van der Waals surface area contributed by atoms with Gasteiger partial charge in [-0.3, -0.25) is 14.4 Å². The van der Waals surface area contributed by atoms with E-state index in [1.54, 1.807) is 29.7 Å². The Morgan fingerprint density at radius 1 is 1.10 bits per heavy atom. The van der Waals surface area contributed by atoms with Crippen molar-refractivity contribution >= 4 is 34.6 Å². The number of aliphatic hydroxyl groups is 1. The van der Waals surface area contributed by atoms with Crippen molar-refractivity contribution in [1.29, 1.82) is 0 Å². The summed E-state index contributed by atoms with van der Waals surface area (Å²) in [4.78, 5) is 23.6. The lowest BCUT2D eigenvalue weighted by Gasteiger charge is -2.12. The normalized spacial score (nSPS) is 13.5. The number of hydrogen-bond donors (Lipinski definition) is 2. The third-order valence-corrected chi connectivity index (χ3v) is 7.85. The number of thiophene rings is 1. The number of aromatic nitrogens is 4. The molecular weight excluding hydrogens is 544 g/mol. The van der Waals surface area contributed by atoms with Gasteiger partial charge in [-0.25, -0.2) is 4.98 Å². The molecule has 1 aliphatic heterocycles. The molecule has 1 atom stereocenters. The molecule has 1 amide bonds. The van der Waals surface area contributed by atoms with Crippen LogP contribution in [0.4, 0.5) is 0 Å². The van der Waals surface area contributed by atoms with Crippen LogP contribution in [0.25, 0.3) is 5.00 Å². The van der Waals surface area contributed by atoms with Gasteiger partial charge in [0.15, 0.2) is 5.82 Å². The van der Waals surface area contributed by atoms with Gasteiger partial charge in [-0.2, -0.15) is 0 Å². The van der Waals surface area contributed by atoms with E-state index < -0.39 is 6.04 Å². The fraction of sp³-hybridized carbons (Fsp3) is 0.233. The number of benzene rings is 1. The van der Waals surface area contributed by atoms with Crippen LogP contribution in [0.5, 0.6) is 0 Å². The number of hydrogen-bond acceptors (Lipinski definition) is 7. The van der Waals surface area contributed by atoms with Crippen molar-refractivity contribution in [2.24, 2.45) is 4.99 Å². The first-order chi connectivity index (χ1) is 19.4. The zero-order valence-electron chi connectivity index (χ0n) is 22.1. The Balaban J connectivity index is 1.39. The van der Waals surface area contributed by atoms with Crippen molar-refractivity contribution in [3.63, 3.8) is 0 Å². The highest BCUT2D eigenvalue weighted by atomic mass is 35.5. The average Bonchev–Trinajstić information content (AvgIpc) is 3.43. The number of nitrogens with zero attached hydrogens (tertiary/aromatic N) is 5. The van der Waals surface area contributed by atoms with Gasteiger partial charge in [0.25, 0.3) is 0 Å². The SMILES string of the molecule is Cc1sc2c(c1C)C(c1ccc(Cl)cc1)=N[C@@H](CC(=O)NCC#Cc1ccc(C#CCO)cn1)c1nnc(C)n1-2. The molecule has 5 rings (SSSR count). The average molecular weight is 569 g/mol. The van der Waals surface area contributed by atoms with E-state index in [4.69, 9.17) is 21.7 Å². The van der Waals surface area contributed by atoms with Gasteiger partial charge in [-0.15, -0.1) is 21.5 Å². The summed E-state index contributed by atoms with van der Waals surface area (Å²) >= 11 is 7.84. The Morgan fingerprint density at radius 3 is 2.62 bits per heavy atom. The highest BCUT2D eigenvalue weighted by molar-refractivity contribution is 7.15. The Kier molecular flexibility index (Phi) is 8.09. The predicted octanol–water partition coefficient (Wildman–Crippen LogP) is 4.10. The molecule has 200 valence electrons. The van der Waals surface area contributed by atoms with Crippen molar-refractivity contribution < 1.29 is 9.90 Å². The maximum atomic E-state index is 13.0. The number of carbonyl (C=O) groups is 1. The van der Waals surface area contributed by atoms with Crippen LogP contribution in [0.1, 0.15) is 56.9 Å².